The van der Waals surface area contributed by atoms with Gasteiger partial charge in [0, 0.05) is 10.0 Å². The van der Waals surface area contributed by atoms with Crippen LogP contribution in [-0.2, 0) is 10.3 Å². The number of halogens is 7. The van der Waals surface area contributed by atoms with Crippen molar-refractivity contribution in [1.82, 2.24) is 0 Å². The molecule has 1 N–H and O–H groups in total. The fraction of sp³-hybridized carbons (Fsp3) is 0.500. The molecule has 0 unspecified atom stereocenters. The lowest BCUT2D eigenvalue weighted by Crippen LogP contribution is -2.54. The fourth-order valence-electron chi connectivity index (χ4n) is 1.74. The summed E-state index contributed by atoms with van der Waals surface area (Å²) in [6.07, 6.45) is -12.1. The first-order chi connectivity index (χ1) is 10.5. The molecule has 0 aliphatic rings. The smallest absolute Gasteiger partial charge is 0.430 e. The summed E-state index contributed by atoms with van der Waals surface area (Å²) in [7, 11) is 0. The van der Waals surface area contributed by atoms with E-state index in [4.69, 9.17) is 4.74 Å². The van der Waals surface area contributed by atoms with E-state index in [1.807, 2.05) is 0 Å². The van der Waals surface area contributed by atoms with Crippen LogP contribution in [0, 0.1) is 0 Å². The van der Waals surface area contributed by atoms with E-state index in [0.717, 1.165) is 6.07 Å². The second-order valence-corrected chi connectivity index (χ2v) is 6.85. The molecule has 0 saturated heterocycles. The van der Waals surface area contributed by atoms with Gasteiger partial charge < -0.3 is 9.84 Å². The molecule has 136 valence electrons. The van der Waals surface area contributed by atoms with Crippen LogP contribution in [0.4, 0.5) is 26.3 Å². The summed E-state index contributed by atoms with van der Waals surface area (Å²) in [5.41, 5.74) is -8.25. The maximum absolute atomic E-state index is 12.9. The predicted octanol–water partition coefficient (Wildman–Crippen LogP) is 4.72. The van der Waals surface area contributed by atoms with Crippen molar-refractivity contribution >= 4 is 21.9 Å². The van der Waals surface area contributed by atoms with Crippen molar-refractivity contribution < 1.29 is 41.0 Å². The van der Waals surface area contributed by atoms with Crippen LogP contribution in [0.1, 0.15) is 36.7 Å². The predicted molar refractivity (Wildman–Crippen MR) is 75.3 cm³/mol. The summed E-state index contributed by atoms with van der Waals surface area (Å²) < 4.78 is 82.2. The summed E-state index contributed by atoms with van der Waals surface area (Å²) in [5, 5.41) is 9.40. The average molecular weight is 423 g/mol. The molecule has 0 spiro atoms. The zero-order valence-electron chi connectivity index (χ0n) is 12.6. The van der Waals surface area contributed by atoms with Gasteiger partial charge in [0.2, 0.25) is 0 Å². The summed E-state index contributed by atoms with van der Waals surface area (Å²) in [4.78, 5) is 11.9. The first-order valence-electron chi connectivity index (χ1n) is 6.39. The normalized spacial score (nSPS) is 13.8. The molecule has 24 heavy (non-hydrogen) atoms. The van der Waals surface area contributed by atoms with E-state index in [1.54, 1.807) is 0 Å². The molecule has 0 atom stereocenters. The Morgan fingerprint density at radius 2 is 1.46 bits per heavy atom. The number of alkyl halides is 6. The number of hydrogen-bond donors (Lipinski definition) is 1. The fourth-order valence-corrected chi connectivity index (χ4v) is 2.23. The van der Waals surface area contributed by atoms with Gasteiger partial charge in [0.25, 0.3) is 5.60 Å². The second-order valence-electron chi connectivity index (χ2n) is 5.94. The van der Waals surface area contributed by atoms with Gasteiger partial charge in [-0.2, -0.15) is 26.3 Å². The van der Waals surface area contributed by atoms with Gasteiger partial charge in [0.15, 0.2) is 0 Å². The number of esters is 1. The molecule has 10 heteroatoms. The highest BCUT2D eigenvalue weighted by Crippen LogP contribution is 2.50. The van der Waals surface area contributed by atoms with Gasteiger partial charge in [0.05, 0.1) is 5.56 Å². The van der Waals surface area contributed by atoms with E-state index in [-0.39, 0.29) is 4.47 Å². The molecule has 0 aliphatic heterocycles. The minimum atomic E-state index is -6.04. The van der Waals surface area contributed by atoms with Gasteiger partial charge in [-0.25, -0.2) is 4.79 Å². The van der Waals surface area contributed by atoms with E-state index < -0.39 is 40.7 Å². The Bertz CT molecular complexity index is 617. The maximum atomic E-state index is 12.9. The van der Waals surface area contributed by atoms with Crippen LogP contribution in [-0.4, -0.2) is 29.0 Å². The second kappa shape index (κ2) is 6.21. The molecule has 0 fully saturated rings. The summed E-state index contributed by atoms with van der Waals surface area (Å²) in [5.74, 6) is -1.13. The molecule has 0 radical (unpaired) electrons. The zero-order valence-corrected chi connectivity index (χ0v) is 14.2. The lowest BCUT2D eigenvalue weighted by atomic mass is 9.91. The first kappa shape index (κ1) is 20.8. The Labute approximate surface area is 141 Å². The Hall–Kier alpha value is -1.29. The van der Waals surface area contributed by atoms with E-state index in [2.05, 4.69) is 15.9 Å². The third-order valence-electron chi connectivity index (χ3n) is 2.77. The Kier molecular flexibility index (Phi) is 5.37. The Balaban J connectivity index is 3.52. The molecule has 0 bridgehead atoms. The number of benzene rings is 1. The highest BCUT2D eigenvalue weighted by atomic mass is 79.9. The van der Waals surface area contributed by atoms with Crippen molar-refractivity contribution in [1.29, 1.82) is 0 Å². The van der Waals surface area contributed by atoms with Gasteiger partial charge in [-0.15, -0.1) is 0 Å². The number of hydrogen-bond acceptors (Lipinski definition) is 3. The molecule has 0 heterocycles. The van der Waals surface area contributed by atoms with E-state index in [0.29, 0.717) is 12.1 Å². The van der Waals surface area contributed by atoms with E-state index in [9.17, 15) is 36.2 Å². The molecule has 1 rings (SSSR count). The molecule has 3 nitrogen and oxygen atoms in total. The van der Waals surface area contributed by atoms with Crippen LogP contribution in [0.25, 0.3) is 0 Å². The standard InChI is InChI=1S/C14H13BrF6O3/c1-11(2,3)24-10(22)7-4-8(6-9(15)5-7)12(23,13(16,17)18)14(19,20)21/h4-6,23H,1-3H3. The van der Waals surface area contributed by atoms with Crippen LogP contribution < -0.4 is 0 Å². The van der Waals surface area contributed by atoms with Gasteiger partial charge in [-0.3, -0.25) is 0 Å². The molecule has 0 saturated carbocycles. The third kappa shape index (κ3) is 4.21. The van der Waals surface area contributed by atoms with Crippen LogP contribution in [0.5, 0.6) is 0 Å². The quantitative estimate of drug-likeness (QED) is 0.554. The zero-order chi connectivity index (χ0) is 19.1. The molecule has 0 amide bonds. The van der Waals surface area contributed by atoms with Crippen LogP contribution in [0.15, 0.2) is 22.7 Å². The highest BCUT2D eigenvalue weighted by molar-refractivity contribution is 9.10. The average Bonchev–Trinajstić information content (AvgIpc) is 2.32. The minimum Gasteiger partial charge on any atom is -0.456 e. The van der Waals surface area contributed by atoms with Crippen molar-refractivity contribution in [2.45, 2.75) is 44.3 Å². The van der Waals surface area contributed by atoms with Crippen molar-refractivity contribution in [3.63, 3.8) is 0 Å². The number of carbonyl (C=O) groups excluding carboxylic acids is 1. The lowest BCUT2D eigenvalue weighted by molar-refractivity contribution is -0.376. The number of ether oxygens (including phenoxy) is 1. The molecular formula is C14H13BrF6O3. The SMILES string of the molecule is CC(C)(C)OC(=O)c1cc(Br)cc(C(O)(C(F)(F)F)C(F)(F)F)c1. The topological polar surface area (TPSA) is 46.5 Å². The molecule has 1 aromatic rings. The van der Waals surface area contributed by atoms with Gasteiger partial charge in [-0.05, 0) is 39.0 Å². The highest BCUT2D eigenvalue weighted by Gasteiger charge is 2.71. The van der Waals surface area contributed by atoms with Crippen LogP contribution in [0.2, 0.25) is 0 Å². The van der Waals surface area contributed by atoms with Crippen LogP contribution in [0.3, 0.4) is 0 Å². The van der Waals surface area contributed by atoms with Crippen LogP contribution >= 0.6 is 15.9 Å². The van der Waals surface area contributed by atoms with E-state index >= 15 is 0 Å². The third-order valence-corrected chi connectivity index (χ3v) is 3.23. The first-order valence-corrected chi connectivity index (χ1v) is 7.18. The number of carbonyl (C=O) groups is 1. The lowest BCUT2D eigenvalue weighted by Gasteiger charge is -2.33. The summed E-state index contributed by atoms with van der Waals surface area (Å²) >= 11 is 2.73. The molecule has 0 aromatic heterocycles. The molecule has 0 aliphatic carbocycles. The van der Waals surface area contributed by atoms with Gasteiger partial charge >= 0.3 is 18.3 Å². The van der Waals surface area contributed by atoms with Gasteiger partial charge in [-0.1, -0.05) is 15.9 Å². The van der Waals surface area contributed by atoms with Crippen molar-refractivity contribution in [3.05, 3.63) is 33.8 Å². The van der Waals surface area contributed by atoms with Crippen molar-refractivity contribution in [2.24, 2.45) is 0 Å². The monoisotopic (exact) mass is 422 g/mol. The Morgan fingerprint density at radius 1 is 1.00 bits per heavy atom. The van der Waals surface area contributed by atoms with E-state index in [1.165, 1.54) is 20.8 Å². The summed E-state index contributed by atoms with van der Waals surface area (Å²) in [6, 6.07) is 1.74. The number of rotatable bonds is 2. The molecular weight excluding hydrogens is 410 g/mol. The molecule has 1 aromatic carbocycles. The van der Waals surface area contributed by atoms with Crippen molar-refractivity contribution in [3.8, 4) is 0 Å². The largest absolute Gasteiger partial charge is 0.456 e. The van der Waals surface area contributed by atoms with Gasteiger partial charge in [0.1, 0.15) is 5.60 Å². The maximum Gasteiger partial charge on any atom is 0.430 e. The number of aliphatic hydroxyl groups is 1. The van der Waals surface area contributed by atoms with Crippen molar-refractivity contribution in [2.75, 3.05) is 0 Å². The summed E-state index contributed by atoms with van der Waals surface area (Å²) in [6.45, 7) is 4.43. The Morgan fingerprint density at radius 3 is 1.83 bits per heavy atom. The minimum absolute atomic E-state index is 0.257.